The van der Waals surface area contributed by atoms with Gasteiger partial charge in [-0.3, -0.25) is 9.59 Å². The highest BCUT2D eigenvalue weighted by molar-refractivity contribution is 5.49. The molecule has 0 spiro atoms. The van der Waals surface area contributed by atoms with Gasteiger partial charge in [0.15, 0.2) is 6.39 Å². The van der Waals surface area contributed by atoms with Crippen molar-refractivity contribution in [3.63, 3.8) is 0 Å². The average molecular weight is 355 g/mol. The van der Waals surface area contributed by atoms with E-state index in [0.29, 0.717) is 11.5 Å². The number of hydrogen-bond acceptors (Lipinski definition) is 4. The SMILES string of the molecule is CC(C)(C)c1ocnc1/C=c1\[nH]c(=O)/c(=C/c2ccccc2F)[nH]c1=O. The fourth-order valence-electron chi connectivity index (χ4n) is 2.50. The molecular weight excluding hydrogens is 337 g/mol. The summed E-state index contributed by atoms with van der Waals surface area (Å²) in [6.45, 7) is 5.85. The first kappa shape index (κ1) is 17.6. The number of aromatic nitrogens is 3. The van der Waals surface area contributed by atoms with Gasteiger partial charge in [0.1, 0.15) is 28.0 Å². The van der Waals surface area contributed by atoms with Crippen molar-refractivity contribution in [2.45, 2.75) is 26.2 Å². The molecule has 134 valence electrons. The number of nitrogens with zero attached hydrogens (tertiary/aromatic N) is 1. The maximum absolute atomic E-state index is 13.7. The lowest BCUT2D eigenvalue weighted by Gasteiger charge is -2.14. The van der Waals surface area contributed by atoms with Crippen molar-refractivity contribution in [2.24, 2.45) is 0 Å². The molecule has 0 radical (unpaired) electrons. The van der Waals surface area contributed by atoms with Gasteiger partial charge >= 0.3 is 0 Å². The molecule has 3 aromatic rings. The molecule has 7 heteroatoms. The third-order valence-corrected chi connectivity index (χ3v) is 3.75. The van der Waals surface area contributed by atoms with E-state index in [1.165, 1.54) is 30.7 Å². The number of halogens is 1. The van der Waals surface area contributed by atoms with E-state index in [4.69, 9.17) is 4.42 Å². The Balaban J connectivity index is 2.16. The van der Waals surface area contributed by atoms with Crippen LogP contribution in [0.15, 0.2) is 44.7 Å². The molecule has 0 atom stereocenters. The molecule has 26 heavy (non-hydrogen) atoms. The Morgan fingerprint density at radius 3 is 2.27 bits per heavy atom. The Hall–Kier alpha value is -3.22. The minimum Gasteiger partial charge on any atom is -0.447 e. The van der Waals surface area contributed by atoms with Crippen LogP contribution in [0.2, 0.25) is 0 Å². The molecule has 0 aliphatic rings. The first-order valence-electron chi connectivity index (χ1n) is 8.00. The van der Waals surface area contributed by atoms with Crippen molar-refractivity contribution in [2.75, 3.05) is 0 Å². The van der Waals surface area contributed by atoms with E-state index in [2.05, 4.69) is 15.0 Å². The number of H-pyrrole nitrogens is 2. The molecule has 0 bridgehead atoms. The topological polar surface area (TPSA) is 91.8 Å². The van der Waals surface area contributed by atoms with Gasteiger partial charge in [-0.25, -0.2) is 9.37 Å². The first-order valence-corrected chi connectivity index (χ1v) is 8.00. The van der Waals surface area contributed by atoms with Crippen LogP contribution in [-0.2, 0) is 5.41 Å². The minimum atomic E-state index is -0.542. The van der Waals surface area contributed by atoms with Gasteiger partial charge in [-0.2, -0.15) is 0 Å². The quantitative estimate of drug-likeness (QED) is 0.721. The van der Waals surface area contributed by atoms with Gasteiger partial charge in [-0.1, -0.05) is 39.0 Å². The van der Waals surface area contributed by atoms with Crippen LogP contribution in [0.1, 0.15) is 37.8 Å². The van der Waals surface area contributed by atoms with Crippen molar-refractivity contribution < 1.29 is 8.81 Å². The summed E-state index contributed by atoms with van der Waals surface area (Å²) in [5, 5.41) is 0.00790. The second-order valence-electron chi connectivity index (χ2n) is 6.86. The molecule has 6 nitrogen and oxygen atoms in total. The van der Waals surface area contributed by atoms with Crippen molar-refractivity contribution in [3.05, 3.63) is 84.9 Å². The molecular formula is C19H18FN3O3. The fraction of sp³-hybridized carbons (Fsp3) is 0.211. The Morgan fingerprint density at radius 1 is 1.04 bits per heavy atom. The summed E-state index contributed by atoms with van der Waals surface area (Å²) in [7, 11) is 0. The highest BCUT2D eigenvalue weighted by Crippen LogP contribution is 2.25. The molecule has 0 fully saturated rings. The van der Waals surface area contributed by atoms with Gasteiger partial charge in [0.2, 0.25) is 0 Å². The molecule has 2 aromatic heterocycles. The van der Waals surface area contributed by atoms with E-state index in [1.54, 1.807) is 12.1 Å². The molecule has 2 heterocycles. The number of aromatic amines is 2. The molecule has 0 saturated carbocycles. The van der Waals surface area contributed by atoms with Crippen LogP contribution in [0, 0.1) is 5.82 Å². The Bertz CT molecular complexity index is 1180. The van der Waals surface area contributed by atoms with E-state index >= 15 is 0 Å². The molecule has 0 saturated heterocycles. The standard InChI is InChI=1S/C19H18FN3O3/c1-19(2,3)16-13(21-10-26-16)9-15-18(25)22-14(17(24)23-15)8-11-6-4-5-7-12(11)20/h4-10H,1-3H3,(H,22,25)(H,23,24)/b14-8-,15-9-. The van der Waals surface area contributed by atoms with E-state index in [-0.39, 0.29) is 21.7 Å². The van der Waals surface area contributed by atoms with Crippen LogP contribution < -0.4 is 21.8 Å². The van der Waals surface area contributed by atoms with Crippen molar-refractivity contribution in [3.8, 4) is 0 Å². The highest BCUT2D eigenvalue weighted by Gasteiger charge is 2.21. The monoisotopic (exact) mass is 355 g/mol. The van der Waals surface area contributed by atoms with Gasteiger partial charge in [0.05, 0.1) is 0 Å². The van der Waals surface area contributed by atoms with Crippen LogP contribution in [0.4, 0.5) is 4.39 Å². The maximum atomic E-state index is 13.7. The predicted octanol–water partition coefficient (Wildman–Crippen LogP) is 1.15. The third kappa shape index (κ3) is 3.56. The van der Waals surface area contributed by atoms with Crippen LogP contribution in [-0.4, -0.2) is 15.0 Å². The number of benzene rings is 1. The first-order chi connectivity index (χ1) is 12.3. The minimum absolute atomic E-state index is 0.0338. The maximum Gasteiger partial charge on any atom is 0.272 e. The summed E-state index contributed by atoms with van der Waals surface area (Å²) >= 11 is 0. The third-order valence-electron chi connectivity index (χ3n) is 3.75. The molecule has 0 unspecified atom stereocenters. The van der Waals surface area contributed by atoms with Crippen LogP contribution in [0.5, 0.6) is 0 Å². The van der Waals surface area contributed by atoms with Crippen molar-refractivity contribution in [1.29, 1.82) is 0 Å². The Labute approximate surface area is 147 Å². The summed E-state index contributed by atoms with van der Waals surface area (Å²) in [5.74, 6) is 0.112. The van der Waals surface area contributed by atoms with Crippen molar-refractivity contribution >= 4 is 12.2 Å². The lowest BCUT2D eigenvalue weighted by Crippen LogP contribution is -2.46. The number of nitrogens with one attached hydrogen (secondary N) is 2. The molecule has 2 N–H and O–H groups in total. The summed E-state index contributed by atoms with van der Waals surface area (Å²) in [5.41, 5.74) is -0.704. The van der Waals surface area contributed by atoms with Gasteiger partial charge in [-0.05, 0) is 18.2 Å². The summed E-state index contributed by atoms with van der Waals surface area (Å²) in [4.78, 5) is 33.7. The van der Waals surface area contributed by atoms with E-state index in [0.717, 1.165) is 0 Å². The van der Waals surface area contributed by atoms with E-state index < -0.39 is 16.9 Å². The molecule has 1 aromatic carbocycles. The zero-order valence-electron chi connectivity index (χ0n) is 14.6. The van der Waals surface area contributed by atoms with E-state index in [1.807, 2.05) is 20.8 Å². The molecule has 0 aliphatic heterocycles. The fourth-order valence-corrected chi connectivity index (χ4v) is 2.50. The molecule has 0 aliphatic carbocycles. The molecule has 3 rings (SSSR count). The normalized spacial score (nSPS) is 13.4. The largest absolute Gasteiger partial charge is 0.447 e. The number of rotatable bonds is 2. The van der Waals surface area contributed by atoms with Gasteiger partial charge in [0, 0.05) is 11.0 Å². The second-order valence-corrected chi connectivity index (χ2v) is 6.86. The Morgan fingerprint density at radius 2 is 1.65 bits per heavy atom. The van der Waals surface area contributed by atoms with Crippen molar-refractivity contribution in [1.82, 2.24) is 15.0 Å². The lowest BCUT2D eigenvalue weighted by molar-refractivity contribution is 0.407. The number of oxazole rings is 1. The van der Waals surface area contributed by atoms with Crippen LogP contribution in [0.25, 0.3) is 12.2 Å². The number of hydrogen-bond donors (Lipinski definition) is 2. The van der Waals surface area contributed by atoms with Gasteiger partial charge in [-0.15, -0.1) is 0 Å². The van der Waals surface area contributed by atoms with Crippen LogP contribution in [0.3, 0.4) is 0 Å². The van der Waals surface area contributed by atoms with Crippen LogP contribution >= 0.6 is 0 Å². The molecule has 0 amide bonds. The summed E-state index contributed by atoms with van der Waals surface area (Å²) < 4.78 is 19.1. The zero-order chi connectivity index (χ0) is 18.9. The lowest BCUT2D eigenvalue weighted by atomic mass is 9.92. The predicted molar refractivity (Wildman–Crippen MR) is 95.7 cm³/mol. The summed E-state index contributed by atoms with van der Waals surface area (Å²) in [6, 6.07) is 5.97. The zero-order valence-corrected chi connectivity index (χ0v) is 14.6. The van der Waals surface area contributed by atoms with Gasteiger partial charge < -0.3 is 14.4 Å². The summed E-state index contributed by atoms with van der Waals surface area (Å²) in [6.07, 6.45) is 4.03. The van der Waals surface area contributed by atoms with Gasteiger partial charge in [0.25, 0.3) is 11.1 Å². The highest BCUT2D eigenvalue weighted by atomic mass is 19.1. The smallest absolute Gasteiger partial charge is 0.272 e. The average Bonchev–Trinajstić information content (AvgIpc) is 3.03. The second kappa shape index (κ2) is 6.59. The van der Waals surface area contributed by atoms with E-state index in [9.17, 15) is 14.0 Å². The Kier molecular flexibility index (Phi) is 4.46.